The van der Waals surface area contributed by atoms with E-state index in [2.05, 4.69) is 10.3 Å². The summed E-state index contributed by atoms with van der Waals surface area (Å²) < 4.78 is 0. The van der Waals surface area contributed by atoms with Crippen LogP contribution in [0.4, 0.5) is 17.1 Å². The summed E-state index contributed by atoms with van der Waals surface area (Å²) in [6.45, 7) is 1.83. The van der Waals surface area contributed by atoms with Crippen molar-refractivity contribution in [2.75, 3.05) is 24.3 Å². The third kappa shape index (κ3) is 3.64. The molecule has 8 nitrogen and oxygen atoms in total. The number of carbonyl (C=O) groups excluding carboxylic acids is 1. The molecule has 0 saturated carbocycles. The summed E-state index contributed by atoms with van der Waals surface area (Å²) in [6.07, 6.45) is 0. The Bertz CT molecular complexity index is 1060. The molecule has 0 radical (unpaired) electrons. The minimum absolute atomic E-state index is 0.0657. The topological polar surface area (TPSA) is 109 Å². The number of carbonyl (C=O) groups is 1. The quantitative estimate of drug-likeness (QED) is 0.540. The molecule has 0 fully saturated rings. The van der Waals surface area contributed by atoms with Gasteiger partial charge in [0, 0.05) is 49.1 Å². The number of hydrogen-bond donors (Lipinski definition) is 2. The first-order valence-electron chi connectivity index (χ1n) is 8.14. The van der Waals surface area contributed by atoms with Crippen LogP contribution < -0.4 is 10.2 Å². The van der Waals surface area contributed by atoms with E-state index < -0.39 is 10.8 Å². The maximum absolute atomic E-state index is 12.8. The fraction of sp³-hybridized carbons (Fsp3) is 0.158. The van der Waals surface area contributed by atoms with Crippen LogP contribution in [0.2, 0.25) is 0 Å². The van der Waals surface area contributed by atoms with Crippen molar-refractivity contribution in [2.24, 2.45) is 0 Å². The number of nitro groups is 1. The Morgan fingerprint density at radius 2 is 1.93 bits per heavy atom. The number of amides is 1. The first kappa shape index (κ1) is 18.1. The van der Waals surface area contributed by atoms with E-state index in [1.807, 2.05) is 6.92 Å². The van der Waals surface area contributed by atoms with Gasteiger partial charge in [0.25, 0.3) is 11.6 Å². The van der Waals surface area contributed by atoms with Crippen LogP contribution in [0.25, 0.3) is 10.9 Å². The van der Waals surface area contributed by atoms with E-state index >= 15 is 0 Å². The molecule has 1 aromatic heterocycles. The Morgan fingerprint density at radius 3 is 2.59 bits per heavy atom. The highest BCUT2D eigenvalue weighted by molar-refractivity contribution is 6.09. The van der Waals surface area contributed by atoms with Gasteiger partial charge in [-0.1, -0.05) is 0 Å². The minimum Gasteiger partial charge on any atom is -0.493 e. The van der Waals surface area contributed by atoms with E-state index in [9.17, 15) is 20.0 Å². The first-order valence-corrected chi connectivity index (χ1v) is 8.14. The highest BCUT2D eigenvalue weighted by atomic mass is 16.6. The van der Waals surface area contributed by atoms with Crippen molar-refractivity contribution >= 4 is 33.9 Å². The van der Waals surface area contributed by atoms with Gasteiger partial charge in [-0.15, -0.1) is 0 Å². The zero-order valence-corrected chi connectivity index (χ0v) is 15.1. The lowest BCUT2D eigenvalue weighted by molar-refractivity contribution is -0.384. The number of aromatic nitrogens is 1. The number of anilines is 2. The number of nitrogens with zero attached hydrogens (tertiary/aromatic N) is 3. The largest absolute Gasteiger partial charge is 0.493 e. The van der Waals surface area contributed by atoms with Crippen molar-refractivity contribution in [3.8, 4) is 5.88 Å². The molecule has 2 aromatic carbocycles. The SMILES string of the molecule is Cc1cc(O)nc2ccc(NC(=O)c3cc([N+](=O)[O-])ccc3N(C)C)cc12. The highest BCUT2D eigenvalue weighted by Crippen LogP contribution is 2.27. The van der Waals surface area contributed by atoms with Crippen LogP contribution in [0.3, 0.4) is 0 Å². The number of hydrogen-bond acceptors (Lipinski definition) is 6. The zero-order chi connectivity index (χ0) is 19.7. The van der Waals surface area contributed by atoms with E-state index in [0.29, 0.717) is 16.9 Å². The van der Waals surface area contributed by atoms with Crippen LogP contribution in [0.5, 0.6) is 5.88 Å². The molecule has 0 unspecified atom stereocenters. The van der Waals surface area contributed by atoms with Gasteiger partial charge in [0.15, 0.2) is 0 Å². The lowest BCUT2D eigenvalue weighted by Gasteiger charge is -2.17. The van der Waals surface area contributed by atoms with Crippen molar-refractivity contribution < 1.29 is 14.8 Å². The average molecular weight is 366 g/mol. The third-order valence-electron chi connectivity index (χ3n) is 4.18. The van der Waals surface area contributed by atoms with Crippen molar-refractivity contribution in [3.63, 3.8) is 0 Å². The molecule has 27 heavy (non-hydrogen) atoms. The number of nitrogens with one attached hydrogen (secondary N) is 1. The smallest absolute Gasteiger partial charge is 0.270 e. The Morgan fingerprint density at radius 1 is 1.19 bits per heavy atom. The Balaban J connectivity index is 1.99. The van der Waals surface area contributed by atoms with Crippen molar-refractivity contribution in [3.05, 3.63) is 63.7 Å². The van der Waals surface area contributed by atoms with Crippen LogP contribution in [0, 0.1) is 17.0 Å². The number of nitro benzene ring substituents is 1. The second-order valence-corrected chi connectivity index (χ2v) is 6.34. The zero-order valence-electron chi connectivity index (χ0n) is 15.1. The van der Waals surface area contributed by atoms with Gasteiger partial charge < -0.3 is 15.3 Å². The number of non-ortho nitro benzene ring substituents is 1. The van der Waals surface area contributed by atoms with E-state index in [0.717, 1.165) is 10.9 Å². The number of fused-ring (bicyclic) bond motifs is 1. The second kappa shape index (κ2) is 6.91. The maximum atomic E-state index is 12.8. The molecule has 0 saturated heterocycles. The van der Waals surface area contributed by atoms with Gasteiger partial charge >= 0.3 is 0 Å². The van der Waals surface area contributed by atoms with Gasteiger partial charge in [-0.3, -0.25) is 14.9 Å². The third-order valence-corrected chi connectivity index (χ3v) is 4.18. The fourth-order valence-corrected chi connectivity index (χ4v) is 2.86. The standard InChI is InChI=1S/C19H18N4O4/c1-11-8-18(24)21-16-6-4-12(9-14(11)16)20-19(25)15-10-13(23(26)27)5-7-17(15)22(2)3/h4-10H,1-3H3,(H,20,25)(H,21,24). The molecule has 8 heteroatoms. The molecule has 0 spiro atoms. The number of benzene rings is 2. The molecule has 0 aliphatic heterocycles. The van der Waals surface area contributed by atoms with Crippen LogP contribution >= 0.6 is 0 Å². The van der Waals surface area contributed by atoms with Crippen molar-refractivity contribution in [1.29, 1.82) is 0 Å². The number of aryl methyl sites for hydroxylation is 1. The van der Waals surface area contributed by atoms with E-state index in [-0.39, 0.29) is 17.1 Å². The molecule has 0 aliphatic carbocycles. The van der Waals surface area contributed by atoms with Gasteiger partial charge in [0.05, 0.1) is 16.0 Å². The summed E-state index contributed by atoms with van der Waals surface area (Å²) >= 11 is 0. The van der Waals surface area contributed by atoms with Crippen LogP contribution in [0.15, 0.2) is 42.5 Å². The summed E-state index contributed by atoms with van der Waals surface area (Å²) in [6, 6.07) is 10.8. The summed E-state index contributed by atoms with van der Waals surface area (Å²) in [5, 5.41) is 24.2. The molecule has 138 valence electrons. The number of aromatic hydroxyl groups is 1. The molecule has 0 atom stereocenters. The molecule has 2 N–H and O–H groups in total. The van der Waals surface area contributed by atoms with Crippen LogP contribution in [0.1, 0.15) is 15.9 Å². The Labute approximate surface area is 155 Å². The first-order chi connectivity index (χ1) is 12.8. The number of pyridine rings is 1. The molecule has 1 amide bonds. The van der Waals surface area contributed by atoms with E-state index in [1.165, 1.54) is 12.1 Å². The van der Waals surface area contributed by atoms with E-state index in [4.69, 9.17) is 0 Å². The Hall–Kier alpha value is -3.68. The average Bonchev–Trinajstić information content (AvgIpc) is 2.61. The summed E-state index contributed by atoms with van der Waals surface area (Å²) in [7, 11) is 3.52. The predicted octanol–water partition coefficient (Wildman–Crippen LogP) is 3.48. The number of rotatable bonds is 4. The fourth-order valence-electron chi connectivity index (χ4n) is 2.86. The van der Waals surface area contributed by atoms with Crippen molar-refractivity contribution in [2.45, 2.75) is 6.92 Å². The van der Waals surface area contributed by atoms with Gasteiger partial charge in [0.1, 0.15) is 0 Å². The van der Waals surface area contributed by atoms with E-state index in [1.54, 1.807) is 49.3 Å². The summed E-state index contributed by atoms with van der Waals surface area (Å²) in [5.74, 6) is -0.518. The predicted molar refractivity (Wildman–Crippen MR) is 104 cm³/mol. The highest BCUT2D eigenvalue weighted by Gasteiger charge is 2.18. The van der Waals surface area contributed by atoms with Gasteiger partial charge in [-0.2, -0.15) is 0 Å². The van der Waals surface area contributed by atoms with Gasteiger partial charge in [-0.25, -0.2) is 4.98 Å². The monoisotopic (exact) mass is 366 g/mol. The molecule has 3 rings (SSSR count). The molecule has 1 heterocycles. The molecule has 0 aliphatic rings. The Kier molecular flexibility index (Phi) is 4.64. The minimum atomic E-state index is -0.534. The van der Waals surface area contributed by atoms with Crippen LogP contribution in [-0.4, -0.2) is 35.0 Å². The lowest BCUT2D eigenvalue weighted by Crippen LogP contribution is -2.18. The second-order valence-electron chi connectivity index (χ2n) is 6.34. The molecular formula is C19H18N4O4. The van der Waals surface area contributed by atoms with Crippen LogP contribution in [-0.2, 0) is 0 Å². The van der Waals surface area contributed by atoms with Crippen molar-refractivity contribution in [1.82, 2.24) is 4.98 Å². The molecule has 3 aromatic rings. The molecule has 0 bridgehead atoms. The lowest BCUT2D eigenvalue weighted by atomic mass is 10.1. The summed E-state index contributed by atoms with van der Waals surface area (Å²) in [4.78, 5) is 29.1. The van der Waals surface area contributed by atoms with Gasteiger partial charge in [-0.05, 0) is 36.8 Å². The summed E-state index contributed by atoms with van der Waals surface area (Å²) in [5.41, 5.74) is 2.57. The molecular weight excluding hydrogens is 348 g/mol. The maximum Gasteiger partial charge on any atom is 0.270 e. The van der Waals surface area contributed by atoms with Gasteiger partial charge in [0.2, 0.25) is 5.88 Å². The normalized spacial score (nSPS) is 10.6.